The number of thioether (sulfide) groups is 1. The Labute approximate surface area is 105 Å². The Morgan fingerprint density at radius 3 is 3.24 bits per heavy atom. The summed E-state index contributed by atoms with van der Waals surface area (Å²) in [5.74, 6) is 2.05. The highest BCUT2D eigenvalue weighted by atomic mass is 32.2. The average Bonchev–Trinajstić information content (AvgIpc) is 2.38. The minimum Gasteiger partial charge on any atom is -0.465 e. The minimum absolute atomic E-state index is 0.376. The molecule has 0 atom stereocenters. The van der Waals surface area contributed by atoms with E-state index in [9.17, 15) is 4.79 Å². The summed E-state index contributed by atoms with van der Waals surface area (Å²) in [4.78, 5) is 15.6. The summed E-state index contributed by atoms with van der Waals surface area (Å²) in [7, 11) is 1.36. The second-order valence-electron chi connectivity index (χ2n) is 3.18. The predicted molar refractivity (Wildman–Crippen MR) is 71.6 cm³/mol. The molecule has 0 amide bonds. The molecule has 0 aliphatic rings. The van der Waals surface area contributed by atoms with Crippen LogP contribution in [0, 0.1) is 0 Å². The lowest BCUT2D eigenvalue weighted by atomic mass is 10.2. The van der Waals surface area contributed by atoms with Crippen LogP contribution in [0.1, 0.15) is 10.4 Å². The number of methoxy groups -OCH3 is 1. The predicted octanol–water partition coefficient (Wildman–Crippen LogP) is 2.20. The number of anilines is 1. The van der Waals surface area contributed by atoms with Crippen molar-refractivity contribution in [3.05, 3.63) is 36.5 Å². The van der Waals surface area contributed by atoms with Crippen molar-refractivity contribution in [3.63, 3.8) is 0 Å². The van der Waals surface area contributed by atoms with E-state index in [4.69, 9.17) is 0 Å². The maximum Gasteiger partial charge on any atom is 0.341 e. The number of rotatable bonds is 7. The molecule has 1 N–H and O–H groups in total. The topological polar surface area (TPSA) is 51.2 Å². The molecule has 1 rings (SSSR count). The summed E-state index contributed by atoms with van der Waals surface area (Å²) < 4.78 is 4.68. The zero-order valence-electron chi connectivity index (χ0n) is 9.81. The molecule has 0 radical (unpaired) electrons. The second kappa shape index (κ2) is 7.73. The zero-order valence-corrected chi connectivity index (χ0v) is 10.6. The Bertz CT molecular complexity index is 383. The van der Waals surface area contributed by atoms with Crippen LogP contribution in [0.3, 0.4) is 0 Å². The van der Waals surface area contributed by atoms with Gasteiger partial charge in [0.05, 0.1) is 7.11 Å². The summed E-state index contributed by atoms with van der Waals surface area (Å²) in [6, 6.07) is 3.40. The van der Waals surface area contributed by atoms with Gasteiger partial charge in [-0.3, -0.25) is 0 Å². The molecule has 0 unspecified atom stereocenters. The van der Waals surface area contributed by atoms with Crippen LogP contribution >= 0.6 is 11.8 Å². The van der Waals surface area contributed by atoms with Crippen molar-refractivity contribution >= 4 is 23.5 Å². The van der Waals surface area contributed by atoms with Gasteiger partial charge in [-0.05, 0) is 12.1 Å². The Kier molecular flexibility index (Phi) is 6.17. The Balaban J connectivity index is 2.52. The molecule has 0 bridgehead atoms. The highest BCUT2D eigenvalue weighted by molar-refractivity contribution is 7.99. The standard InChI is InChI=1S/C12H16N2O2S/c1-3-8-17-9-7-14-11-10(12(15)16-2)5-4-6-13-11/h3-6H,1,7-9H2,2H3,(H,13,14). The van der Waals surface area contributed by atoms with Crippen molar-refractivity contribution < 1.29 is 9.53 Å². The fourth-order valence-electron chi connectivity index (χ4n) is 1.23. The van der Waals surface area contributed by atoms with Crippen LogP contribution in [0.4, 0.5) is 5.82 Å². The lowest BCUT2D eigenvalue weighted by molar-refractivity contribution is 0.0601. The van der Waals surface area contributed by atoms with Gasteiger partial charge < -0.3 is 10.1 Å². The fourth-order valence-corrected chi connectivity index (χ4v) is 1.81. The molecule has 0 saturated heterocycles. The Morgan fingerprint density at radius 1 is 1.71 bits per heavy atom. The van der Waals surface area contributed by atoms with Crippen molar-refractivity contribution in [1.29, 1.82) is 0 Å². The number of carbonyl (C=O) groups excluding carboxylic acids is 1. The first-order chi connectivity index (χ1) is 8.29. The number of nitrogens with one attached hydrogen (secondary N) is 1. The SMILES string of the molecule is C=CCSCCNc1ncccc1C(=O)OC. The third-order valence-electron chi connectivity index (χ3n) is 1.99. The van der Waals surface area contributed by atoms with Crippen LogP contribution in [0.5, 0.6) is 0 Å². The summed E-state index contributed by atoms with van der Waals surface area (Å²) in [6.45, 7) is 4.40. The molecule has 4 nitrogen and oxygen atoms in total. The fraction of sp³-hybridized carbons (Fsp3) is 0.333. The summed E-state index contributed by atoms with van der Waals surface area (Å²) in [5, 5.41) is 3.12. The van der Waals surface area contributed by atoms with Gasteiger partial charge in [-0.2, -0.15) is 11.8 Å². The lowest BCUT2D eigenvalue weighted by Crippen LogP contribution is -2.12. The van der Waals surface area contributed by atoms with Gasteiger partial charge in [0.1, 0.15) is 11.4 Å². The molecule has 1 aromatic rings. The Morgan fingerprint density at radius 2 is 2.53 bits per heavy atom. The lowest BCUT2D eigenvalue weighted by Gasteiger charge is -2.08. The second-order valence-corrected chi connectivity index (χ2v) is 4.33. The van der Waals surface area contributed by atoms with E-state index in [1.807, 2.05) is 6.08 Å². The van der Waals surface area contributed by atoms with Crippen molar-refractivity contribution in [2.75, 3.05) is 30.5 Å². The van der Waals surface area contributed by atoms with Gasteiger partial charge >= 0.3 is 5.97 Å². The van der Waals surface area contributed by atoms with Crippen LogP contribution in [0.25, 0.3) is 0 Å². The minimum atomic E-state index is -0.376. The molecule has 5 heteroatoms. The molecule has 1 aromatic heterocycles. The van der Waals surface area contributed by atoms with Crippen LogP contribution in [-0.4, -0.2) is 36.1 Å². The quantitative estimate of drug-likeness (QED) is 0.458. The largest absolute Gasteiger partial charge is 0.465 e. The molecule has 0 aromatic carbocycles. The number of hydrogen-bond donors (Lipinski definition) is 1. The van der Waals surface area contributed by atoms with Gasteiger partial charge in [0, 0.05) is 24.2 Å². The number of ether oxygens (including phenoxy) is 1. The van der Waals surface area contributed by atoms with Crippen molar-refractivity contribution in [2.24, 2.45) is 0 Å². The number of hydrogen-bond acceptors (Lipinski definition) is 5. The van der Waals surface area contributed by atoms with Crippen molar-refractivity contribution in [1.82, 2.24) is 4.98 Å². The maximum absolute atomic E-state index is 11.4. The molecule has 17 heavy (non-hydrogen) atoms. The van der Waals surface area contributed by atoms with E-state index >= 15 is 0 Å². The molecule has 0 aliphatic carbocycles. The van der Waals surface area contributed by atoms with Crippen molar-refractivity contribution in [3.8, 4) is 0 Å². The van der Waals surface area contributed by atoms with E-state index in [1.54, 1.807) is 30.1 Å². The monoisotopic (exact) mass is 252 g/mol. The highest BCUT2D eigenvalue weighted by Crippen LogP contribution is 2.12. The van der Waals surface area contributed by atoms with Gasteiger partial charge in [-0.1, -0.05) is 6.08 Å². The molecule has 0 aliphatic heterocycles. The van der Waals surface area contributed by atoms with E-state index in [1.165, 1.54) is 7.11 Å². The van der Waals surface area contributed by atoms with E-state index in [2.05, 4.69) is 21.6 Å². The van der Waals surface area contributed by atoms with E-state index in [0.717, 1.165) is 18.1 Å². The number of nitrogens with zero attached hydrogens (tertiary/aromatic N) is 1. The number of pyridine rings is 1. The number of esters is 1. The van der Waals surface area contributed by atoms with Gasteiger partial charge in [0.2, 0.25) is 0 Å². The van der Waals surface area contributed by atoms with E-state index in [-0.39, 0.29) is 5.97 Å². The molecule has 0 saturated carbocycles. The van der Waals surface area contributed by atoms with Gasteiger partial charge in [0.15, 0.2) is 0 Å². The average molecular weight is 252 g/mol. The number of carbonyl (C=O) groups is 1. The maximum atomic E-state index is 11.4. The van der Waals surface area contributed by atoms with Crippen molar-refractivity contribution in [2.45, 2.75) is 0 Å². The first kappa shape index (κ1) is 13.6. The third kappa shape index (κ3) is 4.48. The van der Waals surface area contributed by atoms with Gasteiger partial charge in [-0.15, -0.1) is 6.58 Å². The summed E-state index contributed by atoms with van der Waals surface area (Å²) >= 11 is 1.77. The highest BCUT2D eigenvalue weighted by Gasteiger charge is 2.11. The first-order valence-corrected chi connectivity index (χ1v) is 6.41. The van der Waals surface area contributed by atoms with Crippen LogP contribution in [-0.2, 0) is 4.74 Å². The zero-order chi connectivity index (χ0) is 12.5. The smallest absolute Gasteiger partial charge is 0.341 e. The molecule has 1 heterocycles. The summed E-state index contributed by atoms with van der Waals surface area (Å²) in [5.41, 5.74) is 0.462. The third-order valence-corrected chi connectivity index (χ3v) is 2.95. The Hall–Kier alpha value is -1.49. The van der Waals surface area contributed by atoms with Crippen LogP contribution in [0.2, 0.25) is 0 Å². The molecular formula is C12H16N2O2S. The van der Waals surface area contributed by atoms with E-state index in [0.29, 0.717) is 11.4 Å². The van der Waals surface area contributed by atoms with Gasteiger partial charge in [-0.25, -0.2) is 9.78 Å². The first-order valence-electron chi connectivity index (χ1n) is 5.25. The van der Waals surface area contributed by atoms with Crippen LogP contribution in [0.15, 0.2) is 31.0 Å². The molecule has 0 fully saturated rings. The van der Waals surface area contributed by atoms with Gasteiger partial charge in [0.25, 0.3) is 0 Å². The molecule has 92 valence electrons. The number of aromatic nitrogens is 1. The molecular weight excluding hydrogens is 236 g/mol. The molecule has 0 spiro atoms. The summed E-state index contributed by atoms with van der Waals surface area (Å²) in [6.07, 6.45) is 3.51. The van der Waals surface area contributed by atoms with E-state index < -0.39 is 0 Å². The van der Waals surface area contributed by atoms with Crippen LogP contribution < -0.4 is 5.32 Å². The normalized spacial score (nSPS) is 9.71.